The molecule has 1 aliphatic heterocycles. The van der Waals surface area contributed by atoms with Gasteiger partial charge in [0.15, 0.2) is 0 Å². The molecule has 1 fully saturated rings. The highest BCUT2D eigenvalue weighted by atomic mass is 35.5. The molecule has 1 aliphatic rings. The lowest BCUT2D eigenvalue weighted by molar-refractivity contribution is -0.0626. The maximum atomic E-state index is 13.3. The molecule has 1 unspecified atom stereocenters. The normalized spacial score (nSPS) is 19.1. The van der Waals surface area contributed by atoms with Gasteiger partial charge in [-0.05, 0) is 52.3 Å². The van der Waals surface area contributed by atoms with Crippen LogP contribution in [0, 0.1) is 0 Å². The van der Waals surface area contributed by atoms with Crippen molar-refractivity contribution in [1.29, 1.82) is 0 Å². The summed E-state index contributed by atoms with van der Waals surface area (Å²) in [6, 6.07) is 4.55. The number of alkyl halides is 2. The van der Waals surface area contributed by atoms with E-state index in [9.17, 15) is 13.6 Å². The van der Waals surface area contributed by atoms with Gasteiger partial charge >= 0.3 is 12.6 Å². The Morgan fingerprint density at radius 1 is 1.38 bits per heavy atom. The minimum absolute atomic E-state index is 0.0499. The lowest BCUT2D eigenvalue weighted by Crippen LogP contribution is -2.47. The molecule has 3 rings (SSSR count). The molecule has 158 valence electrons. The molecule has 1 aromatic heterocycles. The van der Waals surface area contributed by atoms with Gasteiger partial charge in [-0.2, -0.15) is 8.78 Å². The molecule has 1 saturated heterocycles. The van der Waals surface area contributed by atoms with Crippen LogP contribution < -0.4 is 0 Å². The molecule has 1 atom stereocenters. The fourth-order valence-corrected chi connectivity index (χ4v) is 3.51. The van der Waals surface area contributed by atoms with Crippen molar-refractivity contribution >= 4 is 17.7 Å². The van der Waals surface area contributed by atoms with Crippen LogP contribution in [-0.4, -0.2) is 38.5 Å². The van der Waals surface area contributed by atoms with Crippen molar-refractivity contribution < 1.29 is 23.0 Å². The largest absolute Gasteiger partial charge is 0.444 e. The Kier molecular flexibility index (Phi) is 5.62. The Balaban J connectivity index is 2.01. The number of aromatic nitrogens is 2. The van der Waals surface area contributed by atoms with Gasteiger partial charge < -0.3 is 9.47 Å². The summed E-state index contributed by atoms with van der Waals surface area (Å²) in [6.07, 6.45) is 1.97. The van der Waals surface area contributed by atoms with Gasteiger partial charge in [0.1, 0.15) is 17.2 Å². The van der Waals surface area contributed by atoms with Gasteiger partial charge in [0.2, 0.25) is 0 Å². The molecule has 0 aliphatic carbocycles. The number of rotatable bonds is 3. The molecular weight excluding hydrogens is 404 g/mol. The van der Waals surface area contributed by atoms with Crippen LogP contribution in [0.15, 0.2) is 30.6 Å². The quantitative estimate of drug-likeness (QED) is 0.635. The Morgan fingerprint density at radius 3 is 2.69 bits per heavy atom. The summed E-state index contributed by atoms with van der Waals surface area (Å²) in [5, 5.41) is 0.281. The van der Waals surface area contributed by atoms with Crippen molar-refractivity contribution in [3.8, 4) is 11.4 Å². The summed E-state index contributed by atoms with van der Waals surface area (Å²) < 4.78 is 38.7. The number of nitrogens with zero attached hydrogens (tertiary/aromatic N) is 3. The van der Waals surface area contributed by atoms with Gasteiger partial charge in [-0.1, -0.05) is 17.7 Å². The van der Waals surface area contributed by atoms with Crippen LogP contribution in [0.25, 0.3) is 11.4 Å². The zero-order valence-corrected chi connectivity index (χ0v) is 17.7. The second-order valence-corrected chi connectivity index (χ2v) is 8.71. The van der Waals surface area contributed by atoms with Gasteiger partial charge in [0.25, 0.3) is 0 Å². The van der Waals surface area contributed by atoms with E-state index in [1.807, 2.05) is 0 Å². The van der Waals surface area contributed by atoms with Crippen LogP contribution in [0.5, 0.6) is 0 Å². The summed E-state index contributed by atoms with van der Waals surface area (Å²) >= 11 is 6.28. The van der Waals surface area contributed by atoms with Crippen LogP contribution in [0.4, 0.5) is 13.6 Å². The number of halogens is 3. The number of hydrogen-bond donors (Lipinski definition) is 0. The first-order valence-electron chi connectivity index (χ1n) is 9.18. The first-order valence-corrected chi connectivity index (χ1v) is 9.55. The Morgan fingerprint density at radius 2 is 2.07 bits per heavy atom. The monoisotopic (exact) mass is 427 g/mol. The fraction of sp³-hybridized carbons (Fsp3) is 0.500. The van der Waals surface area contributed by atoms with E-state index in [4.69, 9.17) is 21.1 Å². The molecule has 0 saturated carbocycles. The molecule has 1 aromatic carbocycles. The third-order valence-corrected chi connectivity index (χ3v) is 4.90. The number of carbonyl (C=O) groups is 1. The van der Waals surface area contributed by atoms with Crippen molar-refractivity contribution in [2.45, 2.75) is 58.5 Å². The molecule has 9 heteroatoms. The van der Waals surface area contributed by atoms with E-state index in [1.54, 1.807) is 52.8 Å². The molecule has 1 amide bonds. The topological polar surface area (TPSA) is 56.6 Å². The summed E-state index contributed by atoms with van der Waals surface area (Å²) in [7, 11) is 0. The van der Waals surface area contributed by atoms with Crippen LogP contribution in [0.2, 0.25) is 5.02 Å². The second kappa shape index (κ2) is 7.57. The average molecular weight is 428 g/mol. The van der Waals surface area contributed by atoms with Gasteiger partial charge in [0.05, 0.1) is 17.7 Å². The maximum Gasteiger partial charge on any atom is 0.413 e. The molecule has 0 radical (unpaired) electrons. The molecule has 0 N–H and O–H groups in total. The number of amides is 1. The molecule has 2 aromatic rings. The minimum Gasteiger partial charge on any atom is -0.444 e. The van der Waals surface area contributed by atoms with Crippen molar-refractivity contribution in [1.82, 2.24) is 14.5 Å². The number of hydrogen-bond acceptors (Lipinski definition) is 4. The third kappa shape index (κ3) is 4.38. The molecular formula is C20H24ClF2N3O3. The van der Waals surface area contributed by atoms with Gasteiger partial charge in [0, 0.05) is 18.0 Å². The van der Waals surface area contributed by atoms with Crippen molar-refractivity contribution in [3.63, 3.8) is 0 Å². The van der Waals surface area contributed by atoms with Crippen molar-refractivity contribution in [2.24, 2.45) is 0 Å². The van der Waals surface area contributed by atoms with Crippen LogP contribution in [-0.2, 0) is 9.47 Å². The standard InChI is InChI=1S/C20H24ClF2N3O3/c1-19(2,3)29-18(27)26-15(11-28-20(26,4)5)12-6-7-14(21)13(10-12)16-24-8-9-25(16)17(22)23/h6-10,15,17H,11H2,1-5H3. The second-order valence-electron chi connectivity index (χ2n) is 8.30. The lowest BCUT2D eigenvalue weighted by atomic mass is 10.0. The minimum atomic E-state index is -2.75. The first-order chi connectivity index (χ1) is 13.4. The summed E-state index contributed by atoms with van der Waals surface area (Å²) in [5.41, 5.74) is -0.533. The van der Waals surface area contributed by atoms with E-state index in [-0.39, 0.29) is 17.5 Å². The van der Waals surface area contributed by atoms with E-state index >= 15 is 0 Å². The van der Waals surface area contributed by atoms with Crippen LogP contribution in [0.1, 0.15) is 52.8 Å². The average Bonchev–Trinajstić information content (AvgIpc) is 3.18. The SMILES string of the molecule is CC(C)(C)OC(=O)N1C(c2ccc(Cl)c(-c3nccn3C(F)F)c2)COC1(C)C. The predicted octanol–water partition coefficient (Wildman–Crippen LogP) is 5.64. The Bertz CT molecular complexity index is 909. The highest BCUT2D eigenvalue weighted by Crippen LogP contribution is 2.40. The highest BCUT2D eigenvalue weighted by molar-refractivity contribution is 6.33. The molecule has 29 heavy (non-hydrogen) atoms. The highest BCUT2D eigenvalue weighted by Gasteiger charge is 2.46. The molecule has 0 spiro atoms. The van der Waals surface area contributed by atoms with E-state index in [2.05, 4.69) is 4.98 Å². The molecule has 0 bridgehead atoms. The first kappa shape index (κ1) is 21.5. The Hall–Kier alpha value is -2.19. The fourth-order valence-electron chi connectivity index (χ4n) is 3.31. The summed E-state index contributed by atoms with van der Waals surface area (Å²) in [4.78, 5) is 18.4. The lowest BCUT2D eigenvalue weighted by Gasteiger charge is -2.35. The van der Waals surface area contributed by atoms with Gasteiger partial charge in [-0.15, -0.1) is 0 Å². The number of carbonyl (C=O) groups excluding carboxylic acids is 1. The summed E-state index contributed by atoms with van der Waals surface area (Å²) in [5.74, 6) is 0.0499. The van der Waals surface area contributed by atoms with Crippen LogP contribution >= 0.6 is 11.6 Å². The molecule has 6 nitrogen and oxygen atoms in total. The maximum absolute atomic E-state index is 13.3. The molecule has 2 heterocycles. The third-order valence-electron chi connectivity index (χ3n) is 4.57. The Labute approximate surface area is 173 Å². The smallest absolute Gasteiger partial charge is 0.413 e. The van der Waals surface area contributed by atoms with E-state index in [1.165, 1.54) is 17.3 Å². The van der Waals surface area contributed by atoms with Gasteiger partial charge in [-0.25, -0.2) is 9.78 Å². The number of benzene rings is 1. The van der Waals surface area contributed by atoms with Crippen molar-refractivity contribution in [3.05, 3.63) is 41.2 Å². The van der Waals surface area contributed by atoms with E-state index in [0.717, 1.165) is 4.57 Å². The number of imidazole rings is 1. The van der Waals surface area contributed by atoms with E-state index < -0.39 is 30.0 Å². The van der Waals surface area contributed by atoms with Gasteiger partial charge in [-0.3, -0.25) is 9.47 Å². The zero-order chi connectivity index (χ0) is 21.6. The summed E-state index contributed by atoms with van der Waals surface area (Å²) in [6.45, 7) is 6.39. The zero-order valence-electron chi connectivity index (χ0n) is 16.9. The predicted molar refractivity (Wildman–Crippen MR) is 105 cm³/mol. The van der Waals surface area contributed by atoms with Crippen LogP contribution in [0.3, 0.4) is 0 Å². The van der Waals surface area contributed by atoms with E-state index in [0.29, 0.717) is 11.1 Å². The van der Waals surface area contributed by atoms with Crippen molar-refractivity contribution in [2.75, 3.05) is 6.61 Å². The number of ether oxygens (including phenoxy) is 2.